The van der Waals surface area contributed by atoms with Gasteiger partial charge in [-0.1, -0.05) is 0 Å². The number of aromatic nitrogens is 2. The highest BCUT2D eigenvalue weighted by atomic mass is 32.2. The second-order valence-electron chi connectivity index (χ2n) is 9.13. The number of rotatable bonds is 10. The molecule has 3 aliphatic rings. The first-order valence-corrected chi connectivity index (χ1v) is 13.3. The molecule has 0 amide bonds. The van der Waals surface area contributed by atoms with Crippen LogP contribution in [0.1, 0.15) is 68.5 Å². The first-order chi connectivity index (χ1) is 15.5. The van der Waals surface area contributed by atoms with Crippen LogP contribution >= 0.6 is 0 Å². The molecule has 9 nitrogen and oxygen atoms in total. The monoisotopic (exact) mass is 466 g/mol. The maximum absolute atomic E-state index is 12.4. The second kappa shape index (κ2) is 10.5. The maximum atomic E-state index is 12.4. The molecule has 0 aromatic carbocycles. The summed E-state index contributed by atoms with van der Waals surface area (Å²) in [5.74, 6) is 0.787. The van der Waals surface area contributed by atoms with Gasteiger partial charge in [0.2, 0.25) is 15.9 Å². The van der Waals surface area contributed by atoms with E-state index < -0.39 is 10.0 Å². The van der Waals surface area contributed by atoms with Crippen molar-refractivity contribution in [2.45, 2.75) is 87.6 Å². The number of aryl methyl sites for hydroxylation is 1. The lowest BCUT2D eigenvalue weighted by molar-refractivity contribution is -0.109. The van der Waals surface area contributed by atoms with Gasteiger partial charge in [-0.05, 0) is 70.8 Å². The van der Waals surface area contributed by atoms with Gasteiger partial charge >= 0.3 is 0 Å². The lowest BCUT2D eigenvalue weighted by atomic mass is 9.82. The lowest BCUT2D eigenvalue weighted by Gasteiger charge is -2.35. The Morgan fingerprint density at radius 1 is 1.16 bits per heavy atom. The fourth-order valence-electron chi connectivity index (χ4n) is 4.87. The van der Waals surface area contributed by atoms with Crippen molar-refractivity contribution in [2.24, 2.45) is 0 Å². The molecule has 0 spiro atoms. The summed E-state index contributed by atoms with van der Waals surface area (Å²) in [6.45, 7) is 3.33. The number of nitrogens with zero attached hydrogens (tertiary/aromatic N) is 2. The van der Waals surface area contributed by atoms with E-state index in [9.17, 15) is 13.2 Å². The molecule has 10 heteroatoms. The number of carbonyl (C=O) groups is 1. The van der Waals surface area contributed by atoms with E-state index in [0.717, 1.165) is 75.5 Å². The molecule has 178 valence electrons. The molecule has 2 heterocycles. The van der Waals surface area contributed by atoms with Gasteiger partial charge in [-0.3, -0.25) is 4.79 Å². The Morgan fingerprint density at radius 2 is 1.94 bits per heavy atom. The van der Waals surface area contributed by atoms with Crippen LogP contribution in [0, 0.1) is 6.92 Å². The van der Waals surface area contributed by atoms with Gasteiger partial charge in [0.1, 0.15) is 12.9 Å². The predicted molar refractivity (Wildman–Crippen MR) is 119 cm³/mol. The molecule has 2 N–H and O–H groups in total. The third-order valence-electron chi connectivity index (χ3n) is 6.79. The fraction of sp³-hybridized carbons (Fsp3) is 0.773. The van der Waals surface area contributed by atoms with Crippen LogP contribution in [0.2, 0.25) is 0 Å². The molecule has 0 unspecified atom stereocenters. The van der Waals surface area contributed by atoms with Gasteiger partial charge in [-0.25, -0.2) is 23.1 Å². The molecule has 0 radical (unpaired) electrons. The number of aldehydes is 1. The summed E-state index contributed by atoms with van der Waals surface area (Å²) >= 11 is 0. The number of carbonyl (C=O) groups excluding carboxylic acids is 1. The van der Waals surface area contributed by atoms with Crippen LogP contribution in [0.5, 0.6) is 5.88 Å². The molecular weight excluding hydrogens is 432 g/mol. The SMILES string of the molecule is Cc1ncnc(OCC=O)c1C1CCC(OC[C@@H]2NCCC[C@@H]2NS(=O)(=O)C2CC2)CC1. The normalized spacial score (nSPS) is 28.9. The zero-order valence-electron chi connectivity index (χ0n) is 18.7. The van der Waals surface area contributed by atoms with Crippen LogP contribution in [-0.2, 0) is 19.6 Å². The number of piperidine rings is 1. The van der Waals surface area contributed by atoms with Crippen molar-refractivity contribution in [3.63, 3.8) is 0 Å². The summed E-state index contributed by atoms with van der Waals surface area (Å²) < 4.78 is 39.5. The Hall–Kier alpha value is -1.62. The summed E-state index contributed by atoms with van der Waals surface area (Å²) in [7, 11) is -3.21. The Balaban J connectivity index is 1.29. The largest absolute Gasteiger partial charge is 0.470 e. The Morgan fingerprint density at radius 3 is 2.66 bits per heavy atom. The van der Waals surface area contributed by atoms with Crippen molar-refractivity contribution in [3.8, 4) is 5.88 Å². The second-order valence-corrected chi connectivity index (χ2v) is 11.1. The standard InChI is InChI=1S/C22H34N4O5S/c1-15-21(22(25-14-24-15)30-12-11-27)16-4-6-17(7-5-16)31-13-20-19(3-2-10-23-20)26-32(28,29)18-8-9-18/h11,14,16-20,23,26H,2-10,12-13H2,1H3/t16?,17?,19-,20-/m0/s1. The summed E-state index contributed by atoms with van der Waals surface area (Å²) in [4.78, 5) is 19.3. The Kier molecular flexibility index (Phi) is 7.75. The maximum Gasteiger partial charge on any atom is 0.220 e. The van der Waals surface area contributed by atoms with Gasteiger partial charge in [0.15, 0.2) is 6.29 Å². The smallest absolute Gasteiger partial charge is 0.220 e. The number of sulfonamides is 1. The van der Waals surface area contributed by atoms with Gasteiger partial charge in [0.25, 0.3) is 0 Å². The van der Waals surface area contributed by atoms with Crippen LogP contribution < -0.4 is 14.8 Å². The topological polar surface area (TPSA) is 120 Å². The number of hydrogen-bond acceptors (Lipinski definition) is 8. The highest BCUT2D eigenvalue weighted by Crippen LogP contribution is 2.38. The Bertz CT molecular complexity index is 884. The molecule has 0 bridgehead atoms. The number of nitrogens with one attached hydrogen (secondary N) is 2. The van der Waals surface area contributed by atoms with Crippen molar-refractivity contribution in [3.05, 3.63) is 17.6 Å². The summed E-state index contributed by atoms with van der Waals surface area (Å²) in [5.41, 5.74) is 1.89. The molecule has 3 fully saturated rings. The third kappa shape index (κ3) is 5.84. The van der Waals surface area contributed by atoms with Gasteiger partial charge in [-0.15, -0.1) is 0 Å². The van der Waals surface area contributed by atoms with Crippen LogP contribution in [-0.4, -0.2) is 67.9 Å². The minimum absolute atomic E-state index is 0.00288. The van der Waals surface area contributed by atoms with E-state index in [4.69, 9.17) is 9.47 Å². The molecule has 2 saturated carbocycles. The van der Waals surface area contributed by atoms with Crippen molar-refractivity contribution >= 4 is 16.3 Å². The zero-order valence-corrected chi connectivity index (χ0v) is 19.5. The van der Waals surface area contributed by atoms with E-state index >= 15 is 0 Å². The molecule has 4 rings (SSSR count). The van der Waals surface area contributed by atoms with Gasteiger partial charge < -0.3 is 14.8 Å². The van der Waals surface area contributed by atoms with Crippen molar-refractivity contribution in [2.75, 3.05) is 19.8 Å². The molecule has 32 heavy (non-hydrogen) atoms. The quantitative estimate of drug-likeness (QED) is 0.499. The van der Waals surface area contributed by atoms with E-state index in [1.807, 2.05) is 6.92 Å². The predicted octanol–water partition coefficient (Wildman–Crippen LogP) is 1.61. The summed E-state index contributed by atoms with van der Waals surface area (Å²) in [6.07, 6.45) is 9.40. The average Bonchev–Trinajstić information content (AvgIpc) is 3.64. The van der Waals surface area contributed by atoms with Crippen LogP contribution in [0.25, 0.3) is 0 Å². The molecule has 2 atom stereocenters. The lowest BCUT2D eigenvalue weighted by Crippen LogP contribution is -2.56. The van der Waals surface area contributed by atoms with Gasteiger partial charge in [0, 0.05) is 23.3 Å². The number of ether oxygens (including phenoxy) is 2. The molecule has 1 aromatic rings. The van der Waals surface area contributed by atoms with E-state index in [1.165, 1.54) is 6.33 Å². The third-order valence-corrected chi connectivity index (χ3v) is 8.77. The average molecular weight is 467 g/mol. The van der Waals surface area contributed by atoms with E-state index in [0.29, 0.717) is 12.5 Å². The van der Waals surface area contributed by atoms with Crippen molar-refractivity contribution in [1.82, 2.24) is 20.0 Å². The van der Waals surface area contributed by atoms with Crippen LogP contribution in [0.4, 0.5) is 0 Å². The molecule has 2 aliphatic carbocycles. The van der Waals surface area contributed by atoms with Crippen molar-refractivity contribution in [1.29, 1.82) is 0 Å². The highest BCUT2D eigenvalue weighted by molar-refractivity contribution is 7.90. The first-order valence-electron chi connectivity index (χ1n) is 11.7. The van der Waals surface area contributed by atoms with Crippen LogP contribution in [0.15, 0.2) is 6.33 Å². The minimum atomic E-state index is -3.21. The molecular formula is C22H34N4O5S. The zero-order chi connectivity index (χ0) is 22.6. The Labute approximate surface area is 190 Å². The van der Waals surface area contributed by atoms with E-state index in [2.05, 4.69) is 20.0 Å². The fourth-order valence-corrected chi connectivity index (χ4v) is 6.53. The number of hydrogen-bond donors (Lipinski definition) is 2. The molecule has 1 aliphatic heterocycles. The highest BCUT2D eigenvalue weighted by Gasteiger charge is 2.39. The van der Waals surface area contributed by atoms with Crippen molar-refractivity contribution < 1.29 is 22.7 Å². The summed E-state index contributed by atoms with van der Waals surface area (Å²) in [6, 6.07) is -0.101. The molecule has 1 aromatic heterocycles. The van der Waals surface area contributed by atoms with Gasteiger partial charge in [-0.2, -0.15) is 0 Å². The first kappa shape index (κ1) is 23.5. The van der Waals surface area contributed by atoms with E-state index in [-0.39, 0.29) is 36.0 Å². The molecule has 1 saturated heterocycles. The van der Waals surface area contributed by atoms with E-state index in [1.54, 1.807) is 0 Å². The van der Waals surface area contributed by atoms with Crippen LogP contribution in [0.3, 0.4) is 0 Å². The summed E-state index contributed by atoms with van der Waals surface area (Å²) in [5, 5.41) is 3.24. The minimum Gasteiger partial charge on any atom is -0.470 e. The van der Waals surface area contributed by atoms with Gasteiger partial charge in [0.05, 0.1) is 18.0 Å².